The van der Waals surface area contributed by atoms with Gasteiger partial charge in [0.05, 0.1) is 18.9 Å². The van der Waals surface area contributed by atoms with Gasteiger partial charge in [0, 0.05) is 18.2 Å². The van der Waals surface area contributed by atoms with Gasteiger partial charge in [-0.05, 0) is 23.1 Å². The average molecular weight is 350 g/mol. The van der Waals surface area contributed by atoms with Gasteiger partial charge in [-0.2, -0.15) is 0 Å². The molecule has 0 aliphatic heterocycles. The lowest BCUT2D eigenvalue weighted by atomic mass is 9.81. The number of oxazole rings is 1. The number of carbonyl (C=O) groups is 1. The zero-order valence-electron chi connectivity index (χ0n) is 15.2. The lowest BCUT2D eigenvalue weighted by Crippen LogP contribution is -2.25. The van der Waals surface area contributed by atoms with Crippen molar-refractivity contribution in [2.75, 3.05) is 12.4 Å². The monoisotopic (exact) mass is 350 g/mol. The molecule has 0 saturated carbocycles. The molecule has 26 heavy (non-hydrogen) atoms. The van der Waals surface area contributed by atoms with Crippen LogP contribution in [0, 0.1) is 0 Å². The second-order valence-corrected chi connectivity index (χ2v) is 6.76. The van der Waals surface area contributed by atoms with E-state index in [4.69, 9.17) is 9.15 Å². The highest BCUT2D eigenvalue weighted by molar-refractivity contribution is 5.92. The van der Waals surface area contributed by atoms with Crippen molar-refractivity contribution < 1.29 is 13.9 Å². The second kappa shape index (κ2) is 7.44. The molecule has 0 fully saturated rings. The number of methoxy groups -OCH3 is 1. The molecule has 0 bridgehead atoms. The van der Waals surface area contributed by atoms with Crippen molar-refractivity contribution in [2.45, 2.75) is 25.7 Å². The third-order valence-electron chi connectivity index (χ3n) is 4.34. The van der Waals surface area contributed by atoms with Gasteiger partial charge in [0.25, 0.3) is 0 Å². The van der Waals surface area contributed by atoms with Crippen molar-refractivity contribution >= 4 is 11.6 Å². The first kappa shape index (κ1) is 17.7. The number of rotatable bonds is 6. The molecule has 1 heterocycles. The number of nitrogens with one attached hydrogen (secondary N) is 1. The molecule has 0 aliphatic carbocycles. The van der Waals surface area contributed by atoms with E-state index in [2.05, 4.69) is 24.1 Å². The summed E-state index contributed by atoms with van der Waals surface area (Å²) in [6.07, 6.45) is 3.37. The second-order valence-electron chi connectivity index (χ2n) is 6.76. The number of amides is 1. The van der Waals surface area contributed by atoms with Crippen LogP contribution in [0.3, 0.4) is 0 Å². The van der Waals surface area contributed by atoms with E-state index in [0.717, 1.165) is 11.1 Å². The highest BCUT2D eigenvalue weighted by Crippen LogP contribution is 2.33. The fraction of sp³-hybridized carbons (Fsp3) is 0.238. The van der Waals surface area contributed by atoms with E-state index in [0.29, 0.717) is 23.6 Å². The number of hydrogen-bond donors (Lipinski definition) is 1. The molecule has 5 heteroatoms. The van der Waals surface area contributed by atoms with Crippen molar-refractivity contribution in [3.8, 4) is 17.1 Å². The average Bonchev–Trinajstić information content (AvgIpc) is 3.16. The van der Waals surface area contributed by atoms with Crippen molar-refractivity contribution in [1.29, 1.82) is 0 Å². The summed E-state index contributed by atoms with van der Waals surface area (Å²) in [5, 5.41) is 2.95. The summed E-state index contributed by atoms with van der Waals surface area (Å²) in [5.41, 5.74) is 2.34. The molecule has 0 spiro atoms. The Labute approximate surface area is 153 Å². The Kier molecular flexibility index (Phi) is 5.07. The summed E-state index contributed by atoms with van der Waals surface area (Å²) in [6.45, 7) is 4.13. The zero-order valence-corrected chi connectivity index (χ0v) is 15.2. The van der Waals surface area contributed by atoms with Crippen molar-refractivity contribution in [3.63, 3.8) is 0 Å². The molecule has 134 valence electrons. The molecule has 0 radical (unpaired) electrons. The fourth-order valence-corrected chi connectivity index (χ4v) is 2.92. The molecular formula is C21H22N2O3. The number of nitrogens with zero attached hydrogens (tertiary/aromatic N) is 1. The van der Waals surface area contributed by atoms with Crippen LogP contribution in [0.1, 0.15) is 25.8 Å². The predicted octanol–water partition coefficient (Wildman–Crippen LogP) is 4.66. The Morgan fingerprint density at radius 2 is 1.96 bits per heavy atom. The largest absolute Gasteiger partial charge is 0.496 e. The van der Waals surface area contributed by atoms with Crippen LogP contribution in [-0.2, 0) is 10.2 Å². The Morgan fingerprint density at radius 1 is 1.19 bits per heavy atom. The molecule has 3 aromatic rings. The van der Waals surface area contributed by atoms with E-state index in [1.165, 1.54) is 6.39 Å². The molecule has 0 saturated heterocycles. The number of aromatic nitrogens is 1. The van der Waals surface area contributed by atoms with Crippen LogP contribution in [0.2, 0.25) is 0 Å². The van der Waals surface area contributed by atoms with Gasteiger partial charge in [-0.3, -0.25) is 4.79 Å². The maximum Gasteiger partial charge on any atom is 0.225 e. The van der Waals surface area contributed by atoms with E-state index in [1.54, 1.807) is 19.4 Å². The minimum Gasteiger partial charge on any atom is -0.496 e. The first-order valence-electron chi connectivity index (χ1n) is 8.42. The van der Waals surface area contributed by atoms with Crippen molar-refractivity contribution in [3.05, 3.63) is 66.7 Å². The van der Waals surface area contributed by atoms with Crippen LogP contribution in [-0.4, -0.2) is 18.0 Å². The Hall–Kier alpha value is -3.08. The number of anilines is 1. The van der Waals surface area contributed by atoms with Crippen LogP contribution < -0.4 is 10.1 Å². The van der Waals surface area contributed by atoms with Gasteiger partial charge in [-0.15, -0.1) is 0 Å². The van der Waals surface area contributed by atoms with Crippen molar-refractivity contribution in [2.24, 2.45) is 0 Å². The van der Waals surface area contributed by atoms with Gasteiger partial charge < -0.3 is 14.5 Å². The van der Waals surface area contributed by atoms with E-state index in [-0.39, 0.29) is 11.3 Å². The summed E-state index contributed by atoms with van der Waals surface area (Å²) in [5.74, 6) is 1.18. The normalized spacial score (nSPS) is 11.2. The third-order valence-corrected chi connectivity index (χ3v) is 4.34. The molecule has 0 unspecified atom stereocenters. The Morgan fingerprint density at radius 3 is 2.62 bits per heavy atom. The molecule has 0 atom stereocenters. The van der Waals surface area contributed by atoms with Crippen molar-refractivity contribution in [1.82, 2.24) is 4.98 Å². The summed E-state index contributed by atoms with van der Waals surface area (Å²) < 4.78 is 10.7. The number of hydrogen-bond acceptors (Lipinski definition) is 4. The Balaban J connectivity index is 1.73. The van der Waals surface area contributed by atoms with Gasteiger partial charge in [-0.25, -0.2) is 4.98 Å². The molecule has 1 amide bonds. The van der Waals surface area contributed by atoms with Crippen LogP contribution >= 0.6 is 0 Å². The highest BCUT2D eigenvalue weighted by atomic mass is 16.5. The van der Waals surface area contributed by atoms with Gasteiger partial charge in [-0.1, -0.05) is 44.2 Å². The predicted molar refractivity (Wildman–Crippen MR) is 101 cm³/mol. The van der Waals surface area contributed by atoms with Crippen LogP contribution in [0.15, 0.2) is 65.5 Å². The van der Waals surface area contributed by atoms with Crippen LogP contribution in [0.4, 0.5) is 5.69 Å². The van der Waals surface area contributed by atoms with E-state index >= 15 is 0 Å². The van der Waals surface area contributed by atoms with E-state index < -0.39 is 0 Å². The molecule has 1 aromatic heterocycles. The molecule has 5 nitrogen and oxygen atoms in total. The number of benzene rings is 2. The quantitative estimate of drug-likeness (QED) is 0.702. The molecule has 3 rings (SSSR count). The molecule has 1 N–H and O–H groups in total. The number of carbonyl (C=O) groups excluding carboxylic acids is 1. The summed E-state index contributed by atoms with van der Waals surface area (Å²) in [6, 6.07) is 15.5. The topological polar surface area (TPSA) is 64.4 Å². The first-order chi connectivity index (χ1) is 12.5. The van der Waals surface area contributed by atoms with Gasteiger partial charge in [0.1, 0.15) is 5.75 Å². The molecular weight excluding hydrogens is 328 g/mol. The van der Waals surface area contributed by atoms with Crippen LogP contribution in [0.5, 0.6) is 5.75 Å². The van der Waals surface area contributed by atoms with Gasteiger partial charge in [0.15, 0.2) is 12.2 Å². The first-order valence-corrected chi connectivity index (χ1v) is 8.42. The number of ether oxygens (including phenoxy) is 1. The molecule has 2 aromatic carbocycles. The zero-order chi connectivity index (χ0) is 18.6. The highest BCUT2D eigenvalue weighted by Gasteiger charge is 2.24. The van der Waals surface area contributed by atoms with Crippen LogP contribution in [0.25, 0.3) is 11.3 Å². The summed E-state index contributed by atoms with van der Waals surface area (Å²) >= 11 is 0. The SMILES string of the molecule is COc1cc(NC(=O)CC(C)(C)c2ccccc2)ccc1-c1cnco1. The summed E-state index contributed by atoms with van der Waals surface area (Å²) in [4.78, 5) is 16.5. The molecule has 0 aliphatic rings. The minimum absolute atomic E-state index is 0.0479. The third kappa shape index (κ3) is 3.94. The van der Waals surface area contributed by atoms with E-state index in [1.807, 2.05) is 42.5 Å². The lowest BCUT2D eigenvalue weighted by molar-refractivity contribution is -0.117. The maximum absolute atomic E-state index is 12.5. The van der Waals surface area contributed by atoms with E-state index in [9.17, 15) is 4.79 Å². The standard InChI is InChI=1S/C21H22N2O3/c1-21(2,15-7-5-4-6-8-15)12-20(24)23-16-9-10-17(18(11-16)25-3)19-13-22-14-26-19/h4-11,13-14H,12H2,1-3H3,(H,23,24). The lowest BCUT2D eigenvalue weighted by Gasteiger charge is -2.24. The Bertz CT molecular complexity index is 872. The van der Waals surface area contributed by atoms with Gasteiger partial charge >= 0.3 is 0 Å². The minimum atomic E-state index is -0.255. The summed E-state index contributed by atoms with van der Waals surface area (Å²) in [7, 11) is 1.58. The fourth-order valence-electron chi connectivity index (χ4n) is 2.92. The smallest absolute Gasteiger partial charge is 0.225 e. The van der Waals surface area contributed by atoms with Gasteiger partial charge in [0.2, 0.25) is 5.91 Å². The maximum atomic E-state index is 12.5.